The van der Waals surface area contributed by atoms with E-state index in [0.29, 0.717) is 17.6 Å². The van der Waals surface area contributed by atoms with Crippen molar-refractivity contribution < 1.29 is 14.3 Å². The van der Waals surface area contributed by atoms with Crippen molar-refractivity contribution in [3.8, 4) is 0 Å². The number of hydrogen-bond donors (Lipinski definition) is 2. The highest BCUT2D eigenvalue weighted by molar-refractivity contribution is 5.85. The van der Waals surface area contributed by atoms with E-state index < -0.39 is 5.97 Å². The summed E-state index contributed by atoms with van der Waals surface area (Å²) in [6.07, 6.45) is 32.0. The van der Waals surface area contributed by atoms with Gasteiger partial charge in [-0.2, -0.15) is 0 Å². The quantitative estimate of drug-likeness (QED) is 0.200. The molecule has 0 spiro atoms. The molecular weight excluding hydrogens is 482 g/mol. The number of carbonyl (C=O) groups is 1. The molecule has 0 aliphatic heterocycles. The highest BCUT2D eigenvalue weighted by atomic mass is 16.4. The zero-order valence-electron chi connectivity index (χ0n) is 24.3. The number of fused-ring (bicyclic) bond motifs is 3. The summed E-state index contributed by atoms with van der Waals surface area (Å²) in [7, 11) is 0. The largest absolute Gasteiger partial charge is 0.475 e. The first-order chi connectivity index (χ1) is 19.1. The van der Waals surface area contributed by atoms with Gasteiger partial charge in [-0.1, -0.05) is 109 Å². The van der Waals surface area contributed by atoms with Crippen LogP contribution in [0.1, 0.15) is 156 Å². The number of furan rings is 1. The summed E-state index contributed by atoms with van der Waals surface area (Å²) in [6.45, 7) is 4.56. The Kier molecular flexibility index (Phi) is 11.4. The van der Waals surface area contributed by atoms with Crippen LogP contribution in [0, 0.1) is 0 Å². The van der Waals surface area contributed by atoms with Gasteiger partial charge in [0.1, 0.15) is 5.76 Å². The normalized spacial score (nSPS) is 18.4. The van der Waals surface area contributed by atoms with Crippen molar-refractivity contribution in [1.82, 2.24) is 4.98 Å². The molecule has 2 heterocycles. The van der Waals surface area contributed by atoms with E-state index in [4.69, 9.17) is 4.42 Å². The Morgan fingerprint density at radius 3 is 2.31 bits per heavy atom. The van der Waals surface area contributed by atoms with E-state index in [1.807, 2.05) is 6.08 Å². The van der Waals surface area contributed by atoms with Crippen molar-refractivity contribution in [2.24, 2.45) is 0 Å². The van der Waals surface area contributed by atoms with Crippen molar-refractivity contribution in [1.29, 1.82) is 0 Å². The Morgan fingerprint density at radius 1 is 0.923 bits per heavy atom. The lowest BCUT2D eigenvalue weighted by atomic mass is 9.79. The van der Waals surface area contributed by atoms with Crippen LogP contribution in [-0.4, -0.2) is 16.1 Å². The zero-order valence-corrected chi connectivity index (χ0v) is 24.3. The van der Waals surface area contributed by atoms with Gasteiger partial charge in [-0.3, -0.25) is 0 Å². The minimum absolute atomic E-state index is 0.0269. The smallest absolute Gasteiger partial charge is 0.371 e. The summed E-state index contributed by atoms with van der Waals surface area (Å²) in [4.78, 5) is 15.1. The van der Waals surface area contributed by atoms with Gasteiger partial charge in [0.25, 0.3) is 0 Å². The number of unbranched alkanes of at least 4 members (excludes halogenated alkanes) is 10. The zero-order chi connectivity index (χ0) is 27.5. The van der Waals surface area contributed by atoms with Gasteiger partial charge in [0.2, 0.25) is 5.76 Å². The number of aromatic nitrogens is 1. The lowest BCUT2D eigenvalue weighted by molar-refractivity contribution is 0.0662. The summed E-state index contributed by atoms with van der Waals surface area (Å²) in [5.41, 5.74) is 4.26. The molecule has 0 bridgehead atoms. The number of hydrogen-bond acceptors (Lipinski definition) is 2. The van der Waals surface area contributed by atoms with E-state index in [-0.39, 0.29) is 5.76 Å². The number of aromatic carboxylic acids is 1. The van der Waals surface area contributed by atoms with Crippen molar-refractivity contribution in [3.63, 3.8) is 0 Å². The van der Waals surface area contributed by atoms with Crippen LogP contribution < -0.4 is 10.7 Å². The fourth-order valence-corrected chi connectivity index (χ4v) is 6.45. The van der Waals surface area contributed by atoms with Crippen LogP contribution >= 0.6 is 0 Å². The summed E-state index contributed by atoms with van der Waals surface area (Å²) in [6, 6.07) is 3.24. The number of H-pyrrole nitrogens is 1. The van der Waals surface area contributed by atoms with E-state index in [2.05, 4.69) is 43.1 Å². The van der Waals surface area contributed by atoms with E-state index in [1.165, 1.54) is 119 Å². The van der Waals surface area contributed by atoms with Gasteiger partial charge in [0.05, 0.1) is 0 Å². The van der Waals surface area contributed by atoms with Gasteiger partial charge in [-0.05, 0) is 72.6 Å². The maximum Gasteiger partial charge on any atom is 0.371 e. The van der Waals surface area contributed by atoms with Gasteiger partial charge in [-0.15, -0.1) is 0 Å². The van der Waals surface area contributed by atoms with Crippen LogP contribution in [0.3, 0.4) is 0 Å². The third kappa shape index (κ3) is 7.90. The van der Waals surface area contributed by atoms with E-state index in [0.717, 1.165) is 12.0 Å². The van der Waals surface area contributed by atoms with Crippen molar-refractivity contribution >= 4 is 23.7 Å². The fraction of sp³-hybridized carbons (Fsp3) is 0.571. The van der Waals surface area contributed by atoms with E-state index >= 15 is 0 Å². The first kappa shape index (κ1) is 29.2. The molecule has 212 valence electrons. The lowest BCUT2D eigenvalue weighted by Gasteiger charge is -2.25. The molecule has 0 fully saturated rings. The molecule has 0 saturated heterocycles. The van der Waals surface area contributed by atoms with Crippen LogP contribution in [-0.2, 0) is 0 Å². The Hall–Kier alpha value is -2.75. The SMILES string of the molecule is CCCCCCCCC1C=CC(C=Cc2ccc(C(=O)O)o2)=c2[nH]c3c(c21)C(CCCCCCCC)CCC=3. The van der Waals surface area contributed by atoms with Crippen molar-refractivity contribution in [3.05, 3.63) is 63.7 Å². The molecule has 0 amide bonds. The van der Waals surface area contributed by atoms with Crippen LogP contribution in [0.2, 0.25) is 0 Å². The molecule has 2 aromatic rings. The maximum atomic E-state index is 11.2. The maximum absolute atomic E-state index is 11.2. The number of allylic oxidation sites excluding steroid dienone is 3. The lowest BCUT2D eigenvalue weighted by Crippen LogP contribution is -2.20. The molecule has 2 atom stereocenters. The molecule has 39 heavy (non-hydrogen) atoms. The van der Waals surface area contributed by atoms with Gasteiger partial charge < -0.3 is 14.5 Å². The van der Waals surface area contributed by atoms with Crippen LogP contribution in [0.25, 0.3) is 17.7 Å². The molecule has 2 aliphatic carbocycles. The molecule has 4 nitrogen and oxygen atoms in total. The molecule has 2 N–H and O–H groups in total. The number of carboxylic acid groups (broad SMARTS) is 1. The summed E-state index contributed by atoms with van der Waals surface area (Å²) >= 11 is 0. The van der Waals surface area contributed by atoms with Crippen molar-refractivity contribution in [2.75, 3.05) is 0 Å². The number of carboxylic acids is 1. The molecule has 0 saturated carbocycles. The van der Waals surface area contributed by atoms with E-state index in [9.17, 15) is 9.90 Å². The third-order valence-corrected chi connectivity index (χ3v) is 8.59. The van der Waals surface area contributed by atoms with Crippen LogP contribution in [0.15, 0.2) is 34.8 Å². The van der Waals surface area contributed by atoms with Gasteiger partial charge >= 0.3 is 5.97 Å². The fourth-order valence-electron chi connectivity index (χ4n) is 6.45. The second kappa shape index (κ2) is 15.1. The monoisotopic (exact) mass is 531 g/mol. The predicted molar refractivity (Wildman–Crippen MR) is 162 cm³/mol. The Balaban J connectivity index is 1.58. The molecule has 0 radical (unpaired) electrons. The van der Waals surface area contributed by atoms with Gasteiger partial charge in [0.15, 0.2) is 0 Å². The Labute approximate surface area is 235 Å². The standard InChI is InChI=1S/C35H49NO3/c1-3-5-7-9-11-13-16-26-18-15-19-30-32(26)33-27(17-14-12-10-8-6-4-2)20-21-28(34(33)36-30)22-23-29-24-25-31(39-29)35(37)38/h19-27,36H,3-18H2,1-2H3,(H,37,38). The first-order valence-electron chi connectivity index (χ1n) is 15.8. The van der Waals surface area contributed by atoms with Gasteiger partial charge in [0, 0.05) is 16.6 Å². The Morgan fingerprint density at radius 2 is 1.62 bits per heavy atom. The number of aromatic amines is 1. The molecule has 2 aromatic heterocycles. The molecular formula is C35H49NO3. The third-order valence-electron chi connectivity index (χ3n) is 8.59. The summed E-state index contributed by atoms with van der Waals surface area (Å²) in [5, 5.41) is 11.8. The van der Waals surface area contributed by atoms with Crippen molar-refractivity contribution in [2.45, 2.75) is 128 Å². The second-order valence-electron chi connectivity index (χ2n) is 11.6. The molecule has 0 aromatic carbocycles. The molecule has 4 heteroatoms. The van der Waals surface area contributed by atoms with Crippen LogP contribution in [0.4, 0.5) is 0 Å². The molecule has 4 rings (SSSR count). The highest BCUT2D eigenvalue weighted by Crippen LogP contribution is 2.36. The summed E-state index contributed by atoms with van der Waals surface area (Å²) in [5.74, 6) is 0.602. The molecule has 2 aliphatic rings. The van der Waals surface area contributed by atoms with Crippen LogP contribution in [0.5, 0.6) is 0 Å². The molecule has 2 unspecified atom stereocenters. The summed E-state index contributed by atoms with van der Waals surface area (Å²) < 4.78 is 5.48. The second-order valence-corrected chi connectivity index (χ2v) is 11.6. The Bertz CT molecular complexity index is 1240. The predicted octanol–water partition coefficient (Wildman–Crippen LogP) is 8.98. The average Bonchev–Trinajstić information content (AvgIpc) is 3.58. The topological polar surface area (TPSA) is 66.2 Å². The highest BCUT2D eigenvalue weighted by Gasteiger charge is 2.27. The minimum atomic E-state index is -1.04. The first-order valence-corrected chi connectivity index (χ1v) is 15.8. The average molecular weight is 532 g/mol. The number of rotatable bonds is 17. The number of nitrogens with one attached hydrogen (secondary N) is 1. The van der Waals surface area contributed by atoms with Gasteiger partial charge in [-0.25, -0.2) is 4.79 Å². The van der Waals surface area contributed by atoms with E-state index in [1.54, 1.807) is 11.6 Å². The minimum Gasteiger partial charge on any atom is -0.475 e.